The molecule has 4 rings (SSSR count). The van der Waals surface area contributed by atoms with Crippen LogP contribution in [0.25, 0.3) is 10.9 Å². The van der Waals surface area contributed by atoms with Crippen LogP contribution in [0.3, 0.4) is 0 Å². The number of nitrogens with one attached hydrogen (secondary N) is 1. The number of thiocarbonyl (C=S) groups is 1. The largest absolute Gasteiger partial charge is 0.493 e. The maximum Gasteiger partial charge on any atom is 0.416 e. The first-order chi connectivity index (χ1) is 17.4. The van der Waals surface area contributed by atoms with E-state index in [1.54, 1.807) is 6.07 Å². The third-order valence-corrected chi connectivity index (χ3v) is 6.69. The number of alkyl halides is 3. The van der Waals surface area contributed by atoms with Gasteiger partial charge in [-0.15, -0.1) is 10.2 Å². The number of primary sulfonamides is 1. The summed E-state index contributed by atoms with van der Waals surface area (Å²) >= 11 is 11.2. The minimum atomic E-state index is -4.60. The minimum absolute atomic E-state index is 0.0659. The molecule has 4 aromatic rings. The number of benzene rings is 3. The van der Waals surface area contributed by atoms with E-state index < -0.39 is 27.6 Å². The van der Waals surface area contributed by atoms with Gasteiger partial charge < -0.3 is 15.0 Å². The van der Waals surface area contributed by atoms with Gasteiger partial charge in [-0.2, -0.15) is 13.2 Å². The van der Waals surface area contributed by atoms with Crippen molar-refractivity contribution in [2.75, 3.05) is 5.32 Å². The zero-order chi connectivity index (χ0) is 27.0. The Morgan fingerprint density at radius 3 is 2.49 bits per heavy atom. The number of hydrogen-bond acceptors (Lipinski definition) is 5. The van der Waals surface area contributed by atoms with Gasteiger partial charge >= 0.3 is 6.18 Å². The molecule has 0 spiro atoms. The summed E-state index contributed by atoms with van der Waals surface area (Å²) in [5.74, 6) is -0.467. The molecular formula is C23H17ClF3N5O3S2. The summed E-state index contributed by atoms with van der Waals surface area (Å²) < 4.78 is 65.4. The molecule has 0 fully saturated rings. The predicted molar refractivity (Wildman–Crippen MR) is 138 cm³/mol. The van der Waals surface area contributed by atoms with Gasteiger partial charge in [0.15, 0.2) is 5.69 Å². The average Bonchev–Trinajstić information content (AvgIpc) is 3.07. The van der Waals surface area contributed by atoms with E-state index >= 15 is 0 Å². The van der Waals surface area contributed by atoms with Crippen molar-refractivity contribution in [2.24, 2.45) is 15.4 Å². The second kappa shape index (κ2) is 10.1. The van der Waals surface area contributed by atoms with Crippen LogP contribution in [0.5, 0.6) is 5.88 Å². The van der Waals surface area contributed by atoms with E-state index in [-0.39, 0.29) is 38.5 Å². The molecule has 3 aromatic carbocycles. The summed E-state index contributed by atoms with van der Waals surface area (Å²) in [7, 11) is -4.06. The van der Waals surface area contributed by atoms with Crippen LogP contribution in [0.15, 0.2) is 81.9 Å². The number of hydrogen-bond donors (Lipinski definition) is 3. The Morgan fingerprint density at radius 2 is 1.78 bits per heavy atom. The number of nitrogens with two attached hydrogens (primary N) is 1. The zero-order valence-corrected chi connectivity index (χ0v) is 21.0. The van der Waals surface area contributed by atoms with E-state index in [4.69, 9.17) is 29.0 Å². The van der Waals surface area contributed by atoms with Crippen LogP contribution in [-0.2, 0) is 22.7 Å². The Morgan fingerprint density at radius 1 is 1.11 bits per heavy atom. The summed E-state index contributed by atoms with van der Waals surface area (Å²) in [6.07, 6.45) is -4.60. The SMILES string of the molecule is NS(=O)(=O)c1ccccc1NC(=S)N=Nc1c(O)n(Cc2ccccc2C(F)(F)F)c2cc(Cl)ccc12. The summed E-state index contributed by atoms with van der Waals surface area (Å²) in [5, 5.41) is 27.0. The van der Waals surface area contributed by atoms with Crippen LogP contribution in [0, 0.1) is 0 Å². The van der Waals surface area contributed by atoms with Crippen LogP contribution in [0.4, 0.5) is 24.5 Å². The first-order valence-electron chi connectivity index (χ1n) is 10.4. The molecule has 8 nitrogen and oxygen atoms in total. The van der Waals surface area contributed by atoms with Gasteiger partial charge in [-0.25, -0.2) is 13.6 Å². The summed E-state index contributed by atoms with van der Waals surface area (Å²) in [6.45, 7) is -0.335. The zero-order valence-electron chi connectivity index (χ0n) is 18.6. The van der Waals surface area contributed by atoms with E-state index in [2.05, 4.69) is 15.5 Å². The fourth-order valence-corrected chi connectivity index (χ4v) is 4.72. The van der Waals surface area contributed by atoms with Crippen molar-refractivity contribution in [3.63, 3.8) is 0 Å². The van der Waals surface area contributed by atoms with Gasteiger partial charge in [-0.3, -0.25) is 0 Å². The molecule has 4 N–H and O–H groups in total. The molecule has 0 aliphatic carbocycles. The molecule has 0 saturated carbocycles. The van der Waals surface area contributed by atoms with E-state index in [9.17, 15) is 26.7 Å². The number of para-hydroxylation sites is 1. The molecule has 0 saturated heterocycles. The molecule has 0 amide bonds. The number of nitrogens with zero attached hydrogens (tertiary/aromatic N) is 3. The number of rotatable bonds is 5. The Labute approximate surface area is 219 Å². The number of halogens is 4. The molecule has 1 aromatic heterocycles. The van der Waals surface area contributed by atoms with Gasteiger partial charge in [0.2, 0.25) is 21.0 Å². The average molecular weight is 568 g/mol. The van der Waals surface area contributed by atoms with E-state index in [1.165, 1.54) is 59.2 Å². The molecule has 0 aliphatic heterocycles. The number of anilines is 1. The molecule has 0 atom stereocenters. The first kappa shape index (κ1) is 26.5. The summed E-state index contributed by atoms with van der Waals surface area (Å²) in [5.41, 5.74) is -0.617. The Bertz CT molecular complexity index is 1650. The third-order valence-electron chi connectivity index (χ3n) is 5.30. The Kier molecular flexibility index (Phi) is 7.24. The highest BCUT2D eigenvalue weighted by Gasteiger charge is 2.33. The lowest BCUT2D eigenvalue weighted by Crippen LogP contribution is -2.16. The molecule has 0 bridgehead atoms. The normalized spacial score (nSPS) is 12.4. The molecule has 37 heavy (non-hydrogen) atoms. The smallest absolute Gasteiger partial charge is 0.416 e. The molecular weight excluding hydrogens is 551 g/mol. The first-order valence-corrected chi connectivity index (χ1v) is 12.7. The highest BCUT2D eigenvalue weighted by atomic mass is 35.5. The Balaban J connectivity index is 1.72. The predicted octanol–water partition coefficient (Wildman–Crippen LogP) is 6.20. The maximum absolute atomic E-state index is 13.5. The van der Waals surface area contributed by atoms with Gasteiger partial charge in [0.25, 0.3) is 0 Å². The summed E-state index contributed by atoms with van der Waals surface area (Å²) in [4.78, 5) is -0.218. The quantitative estimate of drug-likeness (QED) is 0.196. The maximum atomic E-state index is 13.5. The van der Waals surface area contributed by atoms with Gasteiger partial charge in [0.1, 0.15) is 4.90 Å². The Hall–Kier alpha value is -3.52. The van der Waals surface area contributed by atoms with Crippen molar-refractivity contribution in [2.45, 2.75) is 17.6 Å². The second-order valence-corrected chi connectivity index (χ2v) is 10.1. The number of azo groups is 1. The van der Waals surface area contributed by atoms with Crippen LogP contribution in [0.1, 0.15) is 11.1 Å². The van der Waals surface area contributed by atoms with Gasteiger partial charge in [0.05, 0.1) is 23.3 Å². The molecule has 14 heteroatoms. The highest BCUT2D eigenvalue weighted by Crippen LogP contribution is 2.41. The van der Waals surface area contributed by atoms with Crippen molar-refractivity contribution in [1.82, 2.24) is 4.57 Å². The molecule has 192 valence electrons. The van der Waals surface area contributed by atoms with E-state index in [0.29, 0.717) is 10.9 Å². The third kappa shape index (κ3) is 5.74. The second-order valence-electron chi connectivity index (χ2n) is 7.75. The van der Waals surface area contributed by atoms with Crippen molar-refractivity contribution in [3.8, 4) is 5.88 Å². The lowest BCUT2D eigenvalue weighted by Gasteiger charge is -2.14. The number of fused-ring (bicyclic) bond motifs is 1. The number of aromatic hydroxyl groups is 1. The summed E-state index contributed by atoms with van der Waals surface area (Å²) in [6, 6.07) is 15.3. The van der Waals surface area contributed by atoms with Gasteiger partial charge in [-0.1, -0.05) is 41.9 Å². The monoisotopic (exact) mass is 567 g/mol. The molecule has 0 unspecified atom stereocenters. The van der Waals surface area contributed by atoms with Gasteiger partial charge in [0, 0.05) is 10.4 Å². The van der Waals surface area contributed by atoms with Crippen LogP contribution in [0.2, 0.25) is 5.02 Å². The van der Waals surface area contributed by atoms with Crippen LogP contribution >= 0.6 is 23.8 Å². The molecule has 0 aliphatic rings. The number of sulfonamides is 1. The van der Waals surface area contributed by atoms with E-state index in [0.717, 1.165) is 6.07 Å². The number of aromatic nitrogens is 1. The van der Waals surface area contributed by atoms with E-state index in [1.807, 2.05) is 0 Å². The standard InChI is InChI=1S/C23H17ClF3N5O3S2/c24-14-9-10-15-18(11-14)32(12-13-5-1-2-6-16(13)23(25,26)27)21(33)20(15)30-31-22(36)29-17-7-3-4-8-19(17)37(28,34)35/h1-11,33H,12H2,(H,29,36)(H2,28,34,35). The lowest BCUT2D eigenvalue weighted by atomic mass is 10.1. The van der Waals surface area contributed by atoms with Gasteiger partial charge in [-0.05, 0) is 54.2 Å². The fourth-order valence-electron chi connectivity index (χ4n) is 3.71. The minimum Gasteiger partial charge on any atom is -0.493 e. The van der Waals surface area contributed by atoms with Crippen LogP contribution < -0.4 is 10.5 Å². The fraction of sp³-hybridized carbons (Fsp3) is 0.0870. The lowest BCUT2D eigenvalue weighted by molar-refractivity contribution is -0.138. The van der Waals surface area contributed by atoms with Crippen molar-refractivity contribution in [3.05, 3.63) is 82.9 Å². The van der Waals surface area contributed by atoms with Crippen LogP contribution in [-0.4, -0.2) is 23.2 Å². The van der Waals surface area contributed by atoms with Crippen molar-refractivity contribution >= 4 is 61.2 Å². The molecule has 0 radical (unpaired) electrons. The topological polar surface area (TPSA) is 122 Å². The molecule has 1 heterocycles. The highest BCUT2D eigenvalue weighted by molar-refractivity contribution is 7.89. The van der Waals surface area contributed by atoms with Crippen molar-refractivity contribution < 1.29 is 26.7 Å². The van der Waals surface area contributed by atoms with Crippen molar-refractivity contribution in [1.29, 1.82) is 0 Å².